The third-order valence-electron chi connectivity index (χ3n) is 2.78. The Labute approximate surface area is 85.9 Å². The number of hydrogen-bond donors (Lipinski definition) is 2. The molecule has 3 N–H and O–H groups in total. The van der Waals surface area contributed by atoms with Crippen LogP contribution in [0.4, 0.5) is 5.82 Å². The van der Waals surface area contributed by atoms with Crippen molar-refractivity contribution in [3.8, 4) is 0 Å². The van der Waals surface area contributed by atoms with E-state index in [2.05, 4.69) is 14.9 Å². The van der Waals surface area contributed by atoms with Gasteiger partial charge in [0, 0.05) is 6.54 Å². The first-order valence-corrected chi connectivity index (χ1v) is 5.39. The largest absolute Gasteiger partial charge is 0.329 e. The fraction of sp³-hybridized carbons (Fsp3) is 0.625. The summed E-state index contributed by atoms with van der Waals surface area (Å²) in [6.45, 7) is 0.413. The van der Waals surface area contributed by atoms with Crippen molar-refractivity contribution in [2.24, 2.45) is 11.1 Å². The quantitative estimate of drug-likeness (QED) is 0.769. The van der Waals surface area contributed by atoms with Crippen LogP contribution in [0.1, 0.15) is 19.3 Å². The summed E-state index contributed by atoms with van der Waals surface area (Å²) in [6.07, 6.45) is 2.85. The Balaban J connectivity index is 2.01. The van der Waals surface area contributed by atoms with Crippen molar-refractivity contribution in [3.05, 3.63) is 5.38 Å². The van der Waals surface area contributed by atoms with Crippen molar-refractivity contribution in [1.82, 2.24) is 9.59 Å². The molecule has 1 aromatic heterocycles. The Bertz CT molecular complexity index is 315. The number of anilines is 1. The molecule has 1 aliphatic rings. The maximum absolute atomic E-state index is 11.8. The van der Waals surface area contributed by atoms with E-state index in [0.29, 0.717) is 12.4 Å². The molecule has 1 heterocycles. The van der Waals surface area contributed by atoms with Crippen LogP contribution in [0, 0.1) is 5.41 Å². The molecule has 1 aromatic rings. The minimum absolute atomic E-state index is 0.0149. The van der Waals surface area contributed by atoms with Gasteiger partial charge < -0.3 is 11.1 Å². The predicted octanol–water partition coefficient (Wildman–Crippen LogP) is 0.606. The van der Waals surface area contributed by atoms with E-state index in [4.69, 9.17) is 5.73 Å². The molecule has 1 aliphatic carbocycles. The van der Waals surface area contributed by atoms with E-state index in [1.807, 2.05) is 0 Å². The minimum Gasteiger partial charge on any atom is -0.329 e. The van der Waals surface area contributed by atoms with Crippen LogP contribution in [-0.2, 0) is 4.79 Å². The van der Waals surface area contributed by atoms with E-state index in [1.54, 1.807) is 5.38 Å². The first-order chi connectivity index (χ1) is 6.77. The lowest BCUT2D eigenvalue weighted by atomic mass is 9.68. The molecule has 0 unspecified atom stereocenters. The first kappa shape index (κ1) is 9.54. The van der Waals surface area contributed by atoms with Crippen LogP contribution in [0.15, 0.2) is 5.38 Å². The van der Waals surface area contributed by atoms with Crippen LogP contribution in [0.25, 0.3) is 0 Å². The SMILES string of the molecule is NCC1(C(=O)Nc2csnn2)CCC1. The van der Waals surface area contributed by atoms with Crippen molar-refractivity contribution in [1.29, 1.82) is 0 Å². The van der Waals surface area contributed by atoms with Gasteiger partial charge in [-0.25, -0.2) is 0 Å². The third kappa shape index (κ3) is 1.51. The summed E-state index contributed by atoms with van der Waals surface area (Å²) in [7, 11) is 0. The summed E-state index contributed by atoms with van der Waals surface area (Å²) in [4.78, 5) is 11.8. The molecule has 0 radical (unpaired) electrons. The number of hydrogen-bond acceptors (Lipinski definition) is 5. The van der Waals surface area contributed by atoms with Gasteiger partial charge in [-0.15, -0.1) is 5.10 Å². The lowest BCUT2D eigenvalue weighted by molar-refractivity contribution is -0.129. The minimum atomic E-state index is -0.344. The van der Waals surface area contributed by atoms with Gasteiger partial charge in [0.05, 0.1) is 10.8 Å². The van der Waals surface area contributed by atoms with Gasteiger partial charge in [0.25, 0.3) is 0 Å². The monoisotopic (exact) mass is 212 g/mol. The maximum Gasteiger partial charge on any atom is 0.233 e. The molecule has 1 saturated carbocycles. The van der Waals surface area contributed by atoms with E-state index in [0.717, 1.165) is 19.3 Å². The van der Waals surface area contributed by atoms with Crippen molar-refractivity contribution < 1.29 is 4.79 Å². The molecule has 6 heteroatoms. The standard InChI is InChI=1S/C8H12N4OS/c9-5-8(2-1-3-8)7(13)10-6-4-14-12-11-6/h4H,1-3,5,9H2,(H,10,13). The van der Waals surface area contributed by atoms with Crippen LogP contribution in [0.2, 0.25) is 0 Å². The number of aromatic nitrogens is 2. The highest BCUT2D eigenvalue weighted by molar-refractivity contribution is 7.03. The zero-order valence-electron chi connectivity index (χ0n) is 7.69. The average molecular weight is 212 g/mol. The van der Waals surface area contributed by atoms with Gasteiger partial charge in [0.1, 0.15) is 0 Å². The number of amides is 1. The second kappa shape index (κ2) is 3.62. The number of carbonyl (C=O) groups is 1. The molecule has 14 heavy (non-hydrogen) atoms. The molecule has 0 spiro atoms. The number of carbonyl (C=O) groups excluding carboxylic acids is 1. The Morgan fingerprint density at radius 3 is 2.93 bits per heavy atom. The Morgan fingerprint density at radius 2 is 2.50 bits per heavy atom. The summed E-state index contributed by atoms with van der Waals surface area (Å²) in [5.74, 6) is 0.513. The fourth-order valence-electron chi connectivity index (χ4n) is 1.60. The topological polar surface area (TPSA) is 80.9 Å². The van der Waals surface area contributed by atoms with E-state index in [-0.39, 0.29) is 11.3 Å². The zero-order chi connectivity index (χ0) is 10.0. The lowest BCUT2D eigenvalue weighted by Crippen LogP contribution is -2.47. The zero-order valence-corrected chi connectivity index (χ0v) is 8.51. The van der Waals surface area contributed by atoms with Crippen molar-refractivity contribution in [3.63, 3.8) is 0 Å². The Morgan fingerprint density at radius 1 is 1.71 bits per heavy atom. The van der Waals surface area contributed by atoms with Gasteiger partial charge in [-0.05, 0) is 24.4 Å². The molecule has 0 aromatic carbocycles. The van der Waals surface area contributed by atoms with Crippen LogP contribution in [0.5, 0.6) is 0 Å². The van der Waals surface area contributed by atoms with Crippen LogP contribution >= 0.6 is 11.5 Å². The van der Waals surface area contributed by atoms with E-state index >= 15 is 0 Å². The average Bonchev–Trinajstić information content (AvgIpc) is 2.55. The van der Waals surface area contributed by atoms with Gasteiger partial charge in [-0.1, -0.05) is 10.9 Å². The summed E-state index contributed by atoms with van der Waals surface area (Å²) in [6, 6.07) is 0. The number of rotatable bonds is 3. The van der Waals surface area contributed by atoms with Gasteiger partial charge in [-0.2, -0.15) is 0 Å². The third-order valence-corrected chi connectivity index (χ3v) is 3.29. The first-order valence-electron chi connectivity index (χ1n) is 4.55. The van der Waals surface area contributed by atoms with Crippen LogP contribution < -0.4 is 11.1 Å². The van der Waals surface area contributed by atoms with E-state index < -0.39 is 0 Å². The van der Waals surface area contributed by atoms with Crippen molar-refractivity contribution in [2.45, 2.75) is 19.3 Å². The molecule has 5 nitrogen and oxygen atoms in total. The molecule has 2 rings (SSSR count). The smallest absolute Gasteiger partial charge is 0.233 e. The van der Waals surface area contributed by atoms with E-state index in [1.165, 1.54) is 11.5 Å². The Kier molecular flexibility index (Phi) is 2.47. The predicted molar refractivity (Wildman–Crippen MR) is 53.9 cm³/mol. The second-order valence-electron chi connectivity index (χ2n) is 3.58. The summed E-state index contributed by atoms with van der Waals surface area (Å²) >= 11 is 1.22. The van der Waals surface area contributed by atoms with Gasteiger partial charge in [0.2, 0.25) is 5.91 Å². The normalized spacial score (nSPS) is 18.6. The molecule has 0 bridgehead atoms. The molecule has 0 atom stereocenters. The van der Waals surface area contributed by atoms with Crippen LogP contribution in [0.3, 0.4) is 0 Å². The molecular formula is C8H12N4OS. The number of nitrogens with one attached hydrogen (secondary N) is 1. The maximum atomic E-state index is 11.8. The number of nitrogens with zero attached hydrogens (tertiary/aromatic N) is 2. The highest BCUT2D eigenvalue weighted by Crippen LogP contribution is 2.40. The molecule has 0 aliphatic heterocycles. The van der Waals surface area contributed by atoms with Gasteiger partial charge in [-0.3, -0.25) is 4.79 Å². The molecule has 76 valence electrons. The number of nitrogens with two attached hydrogens (primary N) is 1. The highest BCUT2D eigenvalue weighted by atomic mass is 32.1. The van der Waals surface area contributed by atoms with E-state index in [9.17, 15) is 4.79 Å². The molecular weight excluding hydrogens is 200 g/mol. The highest BCUT2D eigenvalue weighted by Gasteiger charge is 2.42. The van der Waals surface area contributed by atoms with Gasteiger partial charge >= 0.3 is 0 Å². The molecule has 0 saturated heterocycles. The summed E-state index contributed by atoms with van der Waals surface area (Å²) in [5.41, 5.74) is 5.26. The lowest BCUT2D eigenvalue weighted by Gasteiger charge is -2.38. The van der Waals surface area contributed by atoms with Crippen molar-refractivity contribution >= 4 is 23.3 Å². The fourth-order valence-corrected chi connectivity index (χ4v) is 1.98. The van der Waals surface area contributed by atoms with Gasteiger partial charge in [0.15, 0.2) is 5.82 Å². The van der Waals surface area contributed by atoms with Crippen molar-refractivity contribution in [2.75, 3.05) is 11.9 Å². The summed E-state index contributed by atoms with van der Waals surface area (Å²) < 4.78 is 3.67. The second-order valence-corrected chi connectivity index (χ2v) is 4.19. The Hall–Kier alpha value is -1.01. The molecule has 1 fully saturated rings. The van der Waals surface area contributed by atoms with Crippen LogP contribution in [-0.4, -0.2) is 22.0 Å². The molecule has 1 amide bonds. The summed E-state index contributed by atoms with van der Waals surface area (Å²) in [5, 5.41) is 8.20.